The van der Waals surface area contributed by atoms with Gasteiger partial charge in [-0.1, -0.05) is 24.6 Å². The lowest BCUT2D eigenvalue weighted by Crippen LogP contribution is -2.11. The number of benzene rings is 1. The van der Waals surface area contributed by atoms with E-state index >= 15 is 0 Å². The summed E-state index contributed by atoms with van der Waals surface area (Å²) < 4.78 is 5.89. The van der Waals surface area contributed by atoms with Crippen molar-refractivity contribution in [2.24, 2.45) is 0 Å². The summed E-state index contributed by atoms with van der Waals surface area (Å²) >= 11 is 0. The third-order valence-corrected chi connectivity index (χ3v) is 2.91. The van der Waals surface area contributed by atoms with Gasteiger partial charge >= 0.3 is 0 Å². The van der Waals surface area contributed by atoms with Gasteiger partial charge in [0.05, 0.1) is 6.20 Å². The predicted octanol–water partition coefficient (Wildman–Crippen LogP) is 3.60. The number of aryl methyl sites for hydroxylation is 2. The van der Waals surface area contributed by atoms with E-state index in [2.05, 4.69) is 43.2 Å². The van der Waals surface area contributed by atoms with E-state index in [0.29, 0.717) is 0 Å². The molecule has 0 saturated carbocycles. The monoisotopic (exact) mass is 256 g/mol. The summed E-state index contributed by atoms with van der Waals surface area (Å²) in [7, 11) is 0. The maximum absolute atomic E-state index is 5.89. The van der Waals surface area contributed by atoms with Crippen molar-refractivity contribution in [2.45, 2.75) is 27.3 Å². The summed E-state index contributed by atoms with van der Waals surface area (Å²) in [6.45, 7) is 7.98. The van der Waals surface area contributed by atoms with Crippen molar-refractivity contribution in [3.05, 3.63) is 53.3 Å². The predicted molar refractivity (Wildman–Crippen MR) is 77.6 cm³/mol. The topological polar surface area (TPSA) is 34.2 Å². The Bertz CT molecular complexity index is 552. The Morgan fingerprint density at radius 3 is 2.74 bits per heavy atom. The molecule has 1 aromatic heterocycles. The molecule has 0 atom stereocenters. The van der Waals surface area contributed by atoms with Crippen LogP contribution < -0.4 is 10.1 Å². The fourth-order valence-corrected chi connectivity index (χ4v) is 1.93. The lowest BCUT2D eigenvalue weighted by molar-refractivity contribution is 0.475. The third-order valence-electron chi connectivity index (χ3n) is 2.91. The molecule has 1 aromatic carbocycles. The number of hydrogen-bond donors (Lipinski definition) is 1. The smallest absolute Gasteiger partial charge is 0.146 e. The van der Waals surface area contributed by atoms with E-state index in [-0.39, 0.29) is 0 Å². The first-order valence-electron chi connectivity index (χ1n) is 6.59. The molecule has 2 rings (SSSR count). The molecule has 3 heteroatoms. The third kappa shape index (κ3) is 3.80. The standard InChI is InChI=1S/C16H20N2O/c1-4-17-9-14-8-15(11-18-10-14)19-16-6-5-12(2)7-13(16)3/h5-8,10-11,17H,4,9H2,1-3H3. The van der Waals surface area contributed by atoms with Gasteiger partial charge < -0.3 is 10.1 Å². The lowest BCUT2D eigenvalue weighted by atomic mass is 10.1. The van der Waals surface area contributed by atoms with Crippen LogP contribution in [0.3, 0.4) is 0 Å². The van der Waals surface area contributed by atoms with Crippen LogP contribution in [0.5, 0.6) is 11.5 Å². The van der Waals surface area contributed by atoms with Crippen molar-refractivity contribution in [2.75, 3.05) is 6.54 Å². The highest BCUT2D eigenvalue weighted by atomic mass is 16.5. The van der Waals surface area contributed by atoms with Gasteiger partial charge in [-0.3, -0.25) is 4.98 Å². The van der Waals surface area contributed by atoms with Crippen LogP contribution in [0.2, 0.25) is 0 Å². The highest BCUT2D eigenvalue weighted by Gasteiger charge is 2.03. The summed E-state index contributed by atoms with van der Waals surface area (Å²) in [5.41, 5.74) is 3.50. The average Bonchev–Trinajstić information content (AvgIpc) is 2.40. The number of rotatable bonds is 5. The average molecular weight is 256 g/mol. The van der Waals surface area contributed by atoms with Crippen molar-refractivity contribution in [3.63, 3.8) is 0 Å². The summed E-state index contributed by atoms with van der Waals surface area (Å²) in [5, 5.41) is 3.28. The molecule has 0 unspecified atom stereocenters. The zero-order valence-corrected chi connectivity index (χ0v) is 11.7. The Kier molecular flexibility index (Phi) is 4.53. The number of nitrogens with zero attached hydrogens (tertiary/aromatic N) is 1. The van der Waals surface area contributed by atoms with Gasteiger partial charge in [0.2, 0.25) is 0 Å². The fourth-order valence-electron chi connectivity index (χ4n) is 1.93. The van der Waals surface area contributed by atoms with Crippen molar-refractivity contribution >= 4 is 0 Å². The van der Waals surface area contributed by atoms with Crippen LogP contribution in [0, 0.1) is 13.8 Å². The number of ether oxygens (including phenoxy) is 1. The second-order valence-corrected chi connectivity index (χ2v) is 4.68. The van der Waals surface area contributed by atoms with Crippen LogP contribution >= 0.6 is 0 Å². The van der Waals surface area contributed by atoms with Crippen molar-refractivity contribution in [1.82, 2.24) is 10.3 Å². The highest BCUT2D eigenvalue weighted by molar-refractivity contribution is 5.39. The van der Waals surface area contributed by atoms with Gasteiger partial charge in [0.25, 0.3) is 0 Å². The molecule has 2 aromatic rings. The first-order valence-corrected chi connectivity index (χ1v) is 6.59. The molecule has 1 heterocycles. The minimum atomic E-state index is 0.780. The van der Waals surface area contributed by atoms with E-state index in [4.69, 9.17) is 4.74 Å². The van der Waals surface area contributed by atoms with Gasteiger partial charge in [0, 0.05) is 12.7 Å². The van der Waals surface area contributed by atoms with Crippen LogP contribution in [0.4, 0.5) is 0 Å². The Morgan fingerprint density at radius 1 is 1.16 bits per heavy atom. The van der Waals surface area contributed by atoms with Crippen LogP contribution in [0.25, 0.3) is 0 Å². The Balaban J connectivity index is 2.14. The van der Waals surface area contributed by atoms with Crippen LogP contribution in [-0.4, -0.2) is 11.5 Å². The molecule has 19 heavy (non-hydrogen) atoms. The molecular weight excluding hydrogens is 236 g/mol. The summed E-state index contributed by atoms with van der Waals surface area (Å²) in [5.74, 6) is 1.66. The molecule has 0 aliphatic heterocycles. The molecule has 0 aliphatic rings. The van der Waals surface area contributed by atoms with Crippen LogP contribution in [0.1, 0.15) is 23.6 Å². The normalized spacial score (nSPS) is 10.5. The first-order chi connectivity index (χ1) is 9.19. The van der Waals surface area contributed by atoms with E-state index in [1.165, 1.54) is 5.56 Å². The molecule has 3 nitrogen and oxygen atoms in total. The zero-order chi connectivity index (χ0) is 13.7. The van der Waals surface area contributed by atoms with Gasteiger partial charge in [-0.2, -0.15) is 0 Å². The van der Waals surface area contributed by atoms with Gasteiger partial charge in [-0.25, -0.2) is 0 Å². The van der Waals surface area contributed by atoms with E-state index < -0.39 is 0 Å². The Labute approximate surface area is 114 Å². The number of nitrogens with one attached hydrogen (secondary N) is 1. The molecule has 100 valence electrons. The summed E-state index contributed by atoms with van der Waals surface area (Å²) in [6, 6.07) is 8.19. The maximum Gasteiger partial charge on any atom is 0.146 e. The van der Waals surface area contributed by atoms with E-state index in [9.17, 15) is 0 Å². The van der Waals surface area contributed by atoms with Crippen molar-refractivity contribution in [1.29, 1.82) is 0 Å². The number of hydrogen-bond acceptors (Lipinski definition) is 3. The van der Waals surface area contributed by atoms with Gasteiger partial charge in [0.1, 0.15) is 11.5 Å². The Morgan fingerprint density at radius 2 is 2.00 bits per heavy atom. The molecule has 0 bridgehead atoms. The quantitative estimate of drug-likeness (QED) is 0.887. The minimum absolute atomic E-state index is 0.780. The Hall–Kier alpha value is -1.87. The maximum atomic E-state index is 5.89. The van der Waals surface area contributed by atoms with Crippen LogP contribution in [-0.2, 0) is 6.54 Å². The minimum Gasteiger partial charge on any atom is -0.455 e. The lowest BCUT2D eigenvalue weighted by Gasteiger charge is -2.10. The van der Waals surface area contributed by atoms with E-state index in [1.807, 2.05) is 18.3 Å². The van der Waals surface area contributed by atoms with Crippen molar-refractivity contribution < 1.29 is 4.74 Å². The first kappa shape index (κ1) is 13.6. The molecular formula is C16H20N2O. The van der Waals surface area contributed by atoms with Crippen molar-refractivity contribution in [3.8, 4) is 11.5 Å². The summed E-state index contributed by atoms with van der Waals surface area (Å²) in [4.78, 5) is 4.22. The molecule has 0 radical (unpaired) electrons. The fraction of sp³-hybridized carbons (Fsp3) is 0.312. The molecule has 0 amide bonds. The SMILES string of the molecule is CCNCc1cncc(Oc2ccc(C)cc2C)c1. The second-order valence-electron chi connectivity index (χ2n) is 4.68. The van der Waals surface area contributed by atoms with Gasteiger partial charge in [0.15, 0.2) is 0 Å². The summed E-state index contributed by atoms with van der Waals surface area (Å²) in [6.07, 6.45) is 3.60. The number of pyridine rings is 1. The molecule has 0 spiro atoms. The van der Waals surface area contributed by atoms with Gasteiger partial charge in [-0.15, -0.1) is 0 Å². The van der Waals surface area contributed by atoms with Crippen LogP contribution in [0.15, 0.2) is 36.7 Å². The molecule has 1 N–H and O–H groups in total. The largest absolute Gasteiger partial charge is 0.455 e. The van der Waals surface area contributed by atoms with Gasteiger partial charge in [-0.05, 0) is 43.7 Å². The molecule has 0 saturated heterocycles. The highest BCUT2D eigenvalue weighted by Crippen LogP contribution is 2.25. The van der Waals surface area contributed by atoms with E-state index in [1.54, 1.807) is 6.20 Å². The van der Waals surface area contributed by atoms with E-state index in [0.717, 1.165) is 35.7 Å². The molecule has 0 aliphatic carbocycles. The number of aromatic nitrogens is 1. The molecule has 0 fully saturated rings. The second kappa shape index (κ2) is 6.34. The zero-order valence-electron chi connectivity index (χ0n) is 11.7.